The maximum Gasteiger partial charge on any atom is 0.140 e. The first-order valence-corrected chi connectivity index (χ1v) is 8.89. The van der Waals surface area contributed by atoms with Crippen molar-refractivity contribution in [3.8, 4) is 17.3 Å². The van der Waals surface area contributed by atoms with Gasteiger partial charge in [-0.1, -0.05) is 27.4 Å². The van der Waals surface area contributed by atoms with Crippen LogP contribution >= 0.6 is 21.0 Å². The van der Waals surface area contributed by atoms with Gasteiger partial charge in [0.05, 0.1) is 6.04 Å². The van der Waals surface area contributed by atoms with Gasteiger partial charge in [0, 0.05) is 24.8 Å². The van der Waals surface area contributed by atoms with Crippen LogP contribution in [-0.4, -0.2) is 32.5 Å². The molecule has 126 valence electrons. The van der Waals surface area contributed by atoms with Crippen molar-refractivity contribution in [1.29, 1.82) is 5.26 Å². The van der Waals surface area contributed by atoms with Gasteiger partial charge in [-0.25, -0.2) is 9.67 Å². The molecule has 0 aromatic carbocycles. The Morgan fingerprint density at radius 3 is 2.83 bits per heavy atom. The van der Waals surface area contributed by atoms with E-state index in [4.69, 9.17) is 17.3 Å². The van der Waals surface area contributed by atoms with Gasteiger partial charge >= 0.3 is 0 Å². The lowest BCUT2D eigenvalue weighted by molar-refractivity contribution is 0.310. The fourth-order valence-electron chi connectivity index (χ4n) is 3.06. The minimum Gasteiger partial charge on any atom is -0.383 e. The summed E-state index contributed by atoms with van der Waals surface area (Å²) in [6, 6.07) is 5.89. The van der Waals surface area contributed by atoms with Crippen molar-refractivity contribution in [2.75, 3.05) is 18.8 Å². The molecule has 2 aromatic rings. The number of halogens is 1. The SMILES string of the molecule is N#Cc1c(-c2ccc(Cl)nc2)nn(C2CCCCN(P)CC2)c1N. The van der Waals surface area contributed by atoms with Crippen molar-refractivity contribution in [3.05, 3.63) is 29.0 Å². The molecule has 1 fully saturated rings. The average Bonchev–Trinajstić information content (AvgIpc) is 2.89. The van der Waals surface area contributed by atoms with E-state index in [0.29, 0.717) is 22.2 Å². The summed E-state index contributed by atoms with van der Waals surface area (Å²) >= 11 is 5.85. The van der Waals surface area contributed by atoms with Gasteiger partial charge < -0.3 is 5.73 Å². The zero-order valence-corrected chi connectivity index (χ0v) is 15.2. The first-order chi connectivity index (χ1) is 11.6. The number of nitrogens with two attached hydrogens (primary N) is 1. The molecule has 0 radical (unpaired) electrons. The number of nitriles is 1. The molecule has 0 spiro atoms. The number of rotatable bonds is 2. The van der Waals surface area contributed by atoms with Gasteiger partial charge in [-0.15, -0.1) is 0 Å². The van der Waals surface area contributed by atoms with Gasteiger partial charge in [-0.05, 0) is 31.4 Å². The molecule has 2 N–H and O–H groups in total. The lowest BCUT2D eigenvalue weighted by Crippen LogP contribution is -2.23. The number of hydrogen-bond acceptors (Lipinski definition) is 5. The van der Waals surface area contributed by atoms with Gasteiger partial charge in [0.25, 0.3) is 0 Å². The van der Waals surface area contributed by atoms with Crippen LogP contribution in [0, 0.1) is 11.3 Å². The lowest BCUT2D eigenvalue weighted by atomic mass is 10.0. The van der Waals surface area contributed by atoms with E-state index in [0.717, 1.165) is 44.3 Å². The predicted molar refractivity (Wildman–Crippen MR) is 98.4 cm³/mol. The van der Waals surface area contributed by atoms with Crippen molar-refractivity contribution in [3.63, 3.8) is 0 Å². The Morgan fingerprint density at radius 2 is 2.12 bits per heavy atom. The maximum absolute atomic E-state index is 9.53. The highest BCUT2D eigenvalue weighted by Crippen LogP contribution is 2.32. The third-order valence-electron chi connectivity index (χ3n) is 4.39. The largest absolute Gasteiger partial charge is 0.383 e. The van der Waals surface area contributed by atoms with E-state index in [1.54, 1.807) is 12.3 Å². The van der Waals surface area contributed by atoms with Crippen molar-refractivity contribution in [2.45, 2.75) is 31.7 Å². The van der Waals surface area contributed by atoms with Crippen LogP contribution in [0.1, 0.15) is 37.3 Å². The molecule has 1 aliphatic rings. The minimum atomic E-state index is 0.203. The monoisotopic (exact) mass is 362 g/mol. The summed E-state index contributed by atoms with van der Waals surface area (Å²) in [6.45, 7) is 2.06. The quantitative estimate of drug-likeness (QED) is 0.654. The molecule has 0 aliphatic carbocycles. The standard InChI is InChI=1S/C16H20ClN6P/c17-14-5-4-11(10-20-14)15-13(9-18)16(19)23(21-15)12-3-1-2-7-22(24)8-6-12/h4-5,10,12H,1-3,6-8,19,24H2. The average molecular weight is 363 g/mol. The van der Waals surface area contributed by atoms with Crippen molar-refractivity contribution in [1.82, 2.24) is 19.4 Å². The highest BCUT2D eigenvalue weighted by atomic mass is 35.5. The first-order valence-electron chi connectivity index (χ1n) is 7.99. The number of nitrogens with zero attached hydrogens (tertiary/aromatic N) is 5. The zero-order valence-electron chi connectivity index (χ0n) is 13.3. The summed E-state index contributed by atoms with van der Waals surface area (Å²) in [5.41, 5.74) is 7.98. The number of anilines is 1. The minimum absolute atomic E-state index is 0.203. The van der Waals surface area contributed by atoms with Crippen LogP contribution in [0.2, 0.25) is 5.15 Å². The number of pyridine rings is 1. The Bertz CT molecular complexity index is 751. The molecule has 3 rings (SSSR count). The van der Waals surface area contributed by atoms with Gasteiger partial charge in [0.1, 0.15) is 28.3 Å². The van der Waals surface area contributed by atoms with Crippen LogP contribution in [0.4, 0.5) is 5.82 Å². The molecule has 6 nitrogen and oxygen atoms in total. The number of nitrogen functional groups attached to an aromatic ring is 1. The Balaban J connectivity index is 1.97. The summed E-state index contributed by atoms with van der Waals surface area (Å²) < 4.78 is 4.08. The number of aromatic nitrogens is 3. The summed E-state index contributed by atoms with van der Waals surface area (Å²) in [7, 11) is 2.77. The van der Waals surface area contributed by atoms with E-state index < -0.39 is 0 Å². The molecule has 0 amide bonds. The van der Waals surface area contributed by atoms with Crippen molar-refractivity contribution in [2.24, 2.45) is 0 Å². The van der Waals surface area contributed by atoms with Gasteiger partial charge in [-0.3, -0.25) is 4.67 Å². The van der Waals surface area contributed by atoms with E-state index >= 15 is 0 Å². The molecule has 0 bridgehead atoms. The van der Waals surface area contributed by atoms with E-state index in [9.17, 15) is 5.26 Å². The Kier molecular flexibility index (Phi) is 5.35. The van der Waals surface area contributed by atoms with Crippen molar-refractivity contribution < 1.29 is 0 Å². The van der Waals surface area contributed by atoms with Crippen LogP contribution in [0.15, 0.2) is 18.3 Å². The topological polar surface area (TPSA) is 83.8 Å². The summed E-state index contributed by atoms with van der Waals surface area (Å²) in [4.78, 5) is 4.08. The fourth-order valence-corrected chi connectivity index (χ4v) is 3.51. The predicted octanol–water partition coefficient (Wildman–Crippen LogP) is 3.26. The van der Waals surface area contributed by atoms with Gasteiger partial charge in [0.2, 0.25) is 0 Å². The van der Waals surface area contributed by atoms with E-state index in [1.165, 1.54) is 0 Å². The maximum atomic E-state index is 9.53. The van der Waals surface area contributed by atoms with Crippen LogP contribution in [0.25, 0.3) is 11.3 Å². The molecule has 24 heavy (non-hydrogen) atoms. The molecule has 2 aromatic heterocycles. The third-order valence-corrected chi connectivity index (χ3v) is 5.13. The van der Waals surface area contributed by atoms with E-state index in [1.807, 2.05) is 10.7 Å². The molecule has 2 unspecified atom stereocenters. The summed E-state index contributed by atoms with van der Waals surface area (Å²) in [5.74, 6) is 0.434. The second-order valence-corrected chi connectivity index (χ2v) is 7.13. The second-order valence-electron chi connectivity index (χ2n) is 6.01. The van der Waals surface area contributed by atoms with Crippen LogP contribution < -0.4 is 5.73 Å². The molecule has 1 saturated heterocycles. The van der Waals surface area contributed by atoms with E-state index in [2.05, 4.69) is 30.2 Å². The van der Waals surface area contributed by atoms with Gasteiger partial charge in [-0.2, -0.15) is 10.4 Å². The zero-order chi connectivity index (χ0) is 17.1. The third kappa shape index (κ3) is 3.54. The molecule has 2 atom stereocenters. The molecule has 3 heterocycles. The van der Waals surface area contributed by atoms with Crippen LogP contribution in [0.5, 0.6) is 0 Å². The van der Waals surface area contributed by atoms with Gasteiger partial charge in [0.15, 0.2) is 0 Å². The Labute approximate surface area is 148 Å². The summed E-state index contributed by atoms with van der Waals surface area (Å²) in [6.07, 6.45) is 5.87. The number of hydrogen-bond donors (Lipinski definition) is 1. The molecule has 0 saturated carbocycles. The highest BCUT2D eigenvalue weighted by Gasteiger charge is 2.23. The molecular formula is C16H20ClN6P. The molecule has 1 aliphatic heterocycles. The smallest absolute Gasteiger partial charge is 0.140 e. The van der Waals surface area contributed by atoms with E-state index in [-0.39, 0.29) is 6.04 Å². The normalized spacial score (nSPS) is 19.5. The van der Waals surface area contributed by atoms with Crippen LogP contribution in [-0.2, 0) is 0 Å². The fraction of sp³-hybridized carbons (Fsp3) is 0.438. The van der Waals surface area contributed by atoms with Crippen LogP contribution in [0.3, 0.4) is 0 Å². The summed E-state index contributed by atoms with van der Waals surface area (Å²) in [5, 5.41) is 14.6. The molecule has 8 heteroatoms. The van der Waals surface area contributed by atoms with Crippen molar-refractivity contribution >= 4 is 26.8 Å². The Morgan fingerprint density at radius 1 is 1.29 bits per heavy atom. The second kappa shape index (κ2) is 7.48. The first kappa shape index (κ1) is 17.2. The lowest BCUT2D eigenvalue weighted by Gasteiger charge is -2.26. The highest BCUT2D eigenvalue weighted by molar-refractivity contribution is 7.13. The molecular weight excluding hydrogens is 343 g/mol. The Hall–Kier alpha value is -1.67.